The number of Topliss-reactive ketones (excluding diaryl/α,β-unsaturated/α-hetero) is 1. The van der Waals surface area contributed by atoms with Gasteiger partial charge in [-0.05, 0) is 26.0 Å². The van der Waals surface area contributed by atoms with Gasteiger partial charge in [-0.2, -0.15) is 27.8 Å². The van der Waals surface area contributed by atoms with Crippen molar-refractivity contribution in [3.63, 3.8) is 0 Å². The number of benzene rings is 2. The monoisotopic (exact) mass is 418 g/mol. The van der Waals surface area contributed by atoms with Crippen LogP contribution in [0.2, 0.25) is 0 Å². The van der Waals surface area contributed by atoms with Gasteiger partial charge >= 0.3 is 13.1 Å². The summed E-state index contributed by atoms with van der Waals surface area (Å²) in [7, 11) is 0. The van der Waals surface area contributed by atoms with Crippen molar-refractivity contribution < 1.29 is 22.4 Å². The molecule has 9 heteroatoms. The number of rotatable bonds is 6. The number of alkyl halides is 4. The molecule has 2 aromatic carbocycles. The Morgan fingerprint density at radius 3 is 1.47 bits per heavy atom. The Hall–Kier alpha value is -3.23. The molecule has 30 heavy (non-hydrogen) atoms. The van der Waals surface area contributed by atoms with Gasteiger partial charge in [-0.25, -0.2) is 9.36 Å². The lowest BCUT2D eigenvalue weighted by Gasteiger charge is -2.14. The first kappa shape index (κ1) is 20.1. The van der Waals surface area contributed by atoms with Crippen LogP contribution in [0.3, 0.4) is 0 Å². The Labute approximate surface area is 168 Å². The average Bonchev–Trinajstić information content (AvgIpc) is 3.31. The van der Waals surface area contributed by atoms with Gasteiger partial charge in [-0.1, -0.05) is 36.4 Å². The summed E-state index contributed by atoms with van der Waals surface area (Å²) in [6, 6.07) is 12.9. The van der Waals surface area contributed by atoms with Gasteiger partial charge in [0.05, 0.1) is 34.3 Å². The second kappa shape index (κ2) is 7.55. The molecule has 4 rings (SSSR count). The molecule has 0 fully saturated rings. The van der Waals surface area contributed by atoms with Gasteiger partial charge in [0.2, 0.25) is 0 Å². The Kier molecular flexibility index (Phi) is 5.05. The largest absolute Gasteiger partial charge is 0.333 e. The summed E-state index contributed by atoms with van der Waals surface area (Å²) in [5.41, 5.74) is 0.894. The summed E-state index contributed by atoms with van der Waals surface area (Å²) in [5, 5.41) is 8.87. The van der Waals surface area contributed by atoms with E-state index in [9.17, 15) is 22.4 Å². The third kappa shape index (κ3) is 3.14. The van der Waals surface area contributed by atoms with Crippen molar-refractivity contribution >= 4 is 27.6 Å². The number of nitrogens with zero attached hydrogens (tertiary/aromatic N) is 4. The summed E-state index contributed by atoms with van der Waals surface area (Å²) >= 11 is 0. The van der Waals surface area contributed by atoms with Crippen molar-refractivity contribution in [3.05, 3.63) is 59.9 Å². The number of carbonyl (C=O) groups is 1. The number of para-hydroxylation sites is 2. The highest BCUT2D eigenvalue weighted by Gasteiger charge is 2.31. The van der Waals surface area contributed by atoms with Crippen LogP contribution in [0.5, 0.6) is 0 Å². The fourth-order valence-corrected chi connectivity index (χ4v) is 3.81. The van der Waals surface area contributed by atoms with E-state index in [1.807, 2.05) is 0 Å². The Morgan fingerprint density at radius 2 is 1.10 bits per heavy atom. The van der Waals surface area contributed by atoms with E-state index in [1.165, 1.54) is 12.1 Å². The van der Waals surface area contributed by atoms with Crippen molar-refractivity contribution in [1.29, 1.82) is 0 Å². The molecule has 0 saturated heterocycles. The molecule has 2 unspecified atom stereocenters. The zero-order chi connectivity index (χ0) is 21.6. The third-order valence-corrected chi connectivity index (χ3v) is 5.33. The number of aromatic nitrogens is 4. The normalized spacial score (nSPS) is 14.1. The molecule has 0 bridgehead atoms. The second-order valence-electron chi connectivity index (χ2n) is 7.09. The fourth-order valence-electron chi connectivity index (χ4n) is 3.81. The van der Waals surface area contributed by atoms with Gasteiger partial charge < -0.3 is 0 Å². The molecule has 2 heterocycles. The number of fused-ring (bicyclic) bond motifs is 2. The lowest BCUT2D eigenvalue weighted by Crippen LogP contribution is -2.18. The van der Waals surface area contributed by atoms with Crippen LogP contribution in [0.25, 0.3) is 21.8 Å². The van der Waals surface area contributed by atoms with Gasteiger partial charge in [0.1, 0.15) is 0 Å². The Balaban J connectivity index is 1.76. The van der Waals surface area contributed by atoms with Gasteiger partial charge in [0, 0.05) is 10.8 Å². The number of carbonyl (C=O) groups excluding carboxylic acids is 1. The predicted octanol–water partition coefficient (Wildman–Crippen LogP) is 5.65. The van der Waals surface area contributed by atoms with Crippen molar-refractivity contribution in [1.82, 2.24) is 19.6 Å². The van der Waals surface area contributed by atoms with Gasteiger partial charge in [0.25, 0.3) is 0 Å². The van der Waals surface area contributed by atoms with Gasteiger partial charge in [-0.3, -0.25) is 4.79 Å². The highest BCUT2D eigenvalue weighted by Crippen LogP contribution is 2.34. The van der Waals surface area contributed by atoms with E-state index in [0.717, 1.165) is 0 Å². The van der Waals surface area contributed by atoms with Crippen molar-refractivity contribution in [3.8, 4) is 0 Å². The molecule has 0 aliphatic heterocycles. The van der Waals surface area contributed by atoms with Crippen LogP contribution < -0.4 is 0 Å². The van der Waals surface area contributed by atoms with Crippen LogP contribution in [0, 0.1) is 0 Å². The molecular formula is C21H18F4N4O. The quantitative estimate of drug-likeness (QED) is 0.380. The van der Waals surface area contributed by atoms with Crippen LogP contribution in [-0.2, 0) is 4.79 Å². The van der Waals surface area contributed by atoms with E-state index in [4.69, 9.17) is 0 Å². The zero-order valence-corrected chi connectivity index (χ0v) is 16.1. The topological polar surface area (TPSA) is 52.7 Å². The van der Waals surface area contributed by atoms with E-state index in [0.29, 0.717) is 20.1 Å². The molecule has 0 aliphatic rings. The maximum Gasteiger partial charge on any atom is 0.333 e. The molecule has 2 aromatic heterocycles. The SMILES string of the molecule is CC(C(=O)C(C)c1nn(C(F)F)c2ccccc12)c1nn(C(F)F)c2ccccc12. The summed E-state index contributed by atoms with van der Waals surface area (Å²) in [6.07, 6.45) is 0. The first-order valence-electron chi connectivity index (χ1n) is 9.35. The van der Waals surface area contributed by atoms with E-state index in [-0.39, 0.29) is 28.2 Å². The van der Waals surface area contributed by atoms with Crippen LogP contribution >= 0.6 is 0 Å². The maximum absolute atomic E-state index is 13.4. The van der Waals surface area contributed by atoms with Crippen LogP contribution in [0.1, 0.15) is 50.2 Å². The van der Waals surface area contributed by atoms with Crippen molar-refractivity contribution in [2.45, 2.75) is 38.8 Å². The molecule has 5 nitrogen and oxygen atoms in total. The first-order chi connectivity index (χ1) is 14.3. The molecule has 0 spiro atoms. The molecule has 0 amide bonds. The second-order valence-corrected chi connectivity index (χ2v) is 7.09. The first-order valence-corrected chi connectivity index (χ1v) is 9.35. The minimum Gasteiger partial charge on any atom is -0.298 e. The summed E-state index contributed by atoms with van der Waals surface area (Å²) < 4.78 is 54.7. The van der Waals surface area contributed by atoms with E-state index >= 15 is 0 Å². The molecule has 156 valence electrons. The van der Waals surface area contributed by atoms with Crippen molar-refractivity contribution in [2.24, 2.45) is 0 Å². The van der Waals surface area contributed by atoms with E-state index < -0.39 is 24.9 Å². The average molecular weight is 418 g/mol. The number of halogens is 4. The summed E-state index contributed by atoms with van der Waals surface area (Å²) in [5.74, 6) is -2.01. The predicted molar refractivity (Wildman–Crippen MR) is 104 cm³/mol. The third-order valence-electron chi connectivity index (χ3n) is 5.33. The van der Waals surface area contributed by atoms with E-state index in [1.54, 1.807) is 50.2 Å². The smallest absolute Gasteiger partial charge is 0.298 e. The van der Waals surface area contributed by atoms with Gasteiger partial charge in [0.15, 0.2) is 5.78 Å². The molecule has 0 aliphatic carbocycles. The van der Waals surface area contributed by atoms with Gasteiger partial charge in [-0.15, -0.1) is 0 Å². The Morgan fingerprint density at radius 1 is 0.733 bits per heavy atom. The molecule has 2 atom stereocenters. The van der Waals surface area contributed by atoms with E-state index in [2.05, 4.69) is 10.2 Å². The van der Waals surface area contributed by atoms with Crippen LogP contribution in [0.15, 0.2) is 48.5 Å². The summed E-state index contributed by atoms with van der Waals surface area (Å²) in [6.45, 7) is -2.55. The molecule has 0 radical (unpaired) electrons. The minimum atomic E-state index is -2.85. The lowest BCUT2D eigenvalue weighted by atomic mass is 9.88. The minimum absolute atomic E-state index is 0.223. The molecule has 0 N–H and O–H groups in total. The van der Waals surface area contributed by atoms with Crippen molar-refractivity contribution in [2.75, 3.05) is 0 Å². The standard InChI is InChI=1S/C21H18F4N4O/c1-11(17-13-7-3-5-9-15(13)28(26-17)20(22)23)19(30)12(2)18-14-8-4-6-10-16(14)29(27-18)21(24)25/h3-12,20-21H,1-2H3. The number of hydrogen-bond donors (Lipinski definition) is 0. The summed E-state index contributed by atoms with van der Waals surface area (Å²) in [4.78, 5) is 13.2. The zero-order valence-electron chi connectivity index (χ0n) is 16.1. The van der Waals surface area contributed by atoms with Crippen LogP contribution in [-0.4, -0.2) is 25.3 Å². The number of ketones is 1. The number of hydrogen-bond acceptors (Lipinski definition) is 3. The maximum atomic E-state index is 13.4. The molecular weight excluding hydrogens is 400 g/mol. The molecule has 4 aromatic rings. The highest BCUT2D eigenvalue weighted by molar-refractivity contribution is 5.97. The molecule has 0 saturated carbocycles. The van der Waals surface area contributed by atoms with Crippen LogP contribution in [0.4, 0.5) is 17.6 Å². The lowest BCUT2D eigenvalue weighted by molar-refractivity contribution is -0.121. The fraction of sp³-hybridized carbons (Fsp3) is 0.286. The Bertz CT molecular complexity index is 1140. The highest BCUT2D eigenvalue weighted by atomic mass is 19.3.